The summed E-state index contributed by atoms with van der Waals surface area (Å²) < 4.78 is 0. The van der Waals surface area contributed by atoms with Crippen molar-refractivity contribution in [2.24, 2.45) is 0 Å². The quantitative estimate of drug-likeness (QED) is 0.781. The number of aromatic nitrogens is 1. The van der Waals surface area contributed by atoms with Gasteiger partial charge >= 0.3 is 0 Å². The fourth-order valence-corrected chi connectivity index (χ4v) is 1.97. The summed E-state index contributed by atoms with van der Waals surface area (Å²) in [5.41, 5.74) is 3.51. The Kier molecular flexibility index (Phi) is 4.71. The first-order valence-electron chi connectivity index (χ1n) is 6.67. The van der Waals surface area contributed by atoms with Gasteiger partial charge in [0, 0.05) is 18.8 Å². The van der Waals surface area contributed by atoms with Gasteiger partial charge < -0.3 is 15.5 Å². The second-order valence-corrected chi connectivity index (χ2v) is 4.98. The Morgan fingerprint density at radius 1 is 1.10 bits per heavy atom. The molecule has 1 unspecified atom stereocenters. The predicted molar refractivity (Wildman–Crippen MR) is 78.5 cm³/mol. The van der Waals surface area contributed by atoms with E-state index in [4.69, 9.17) is 0 Å². The number of nitrogens with one attached hydrogen (secondary N) is 1. The van der Waals surface area contributed by atoms with Crippen molar-refractivity contribution in [3.8, 4) is 5.75 Å². The molecule has 4 heteroatoms. The normalized spacial score (nSPS) is 12.3. The lowest BCUT2D eigenvalue weighted by Gasteiger charge is -2.13. The molecule has 0 bridgehead atoms. The first-order chi connectivity index (χ1) is 9.56. The molecule has 0 aliphatic carbocycles. The largest absolute Gasteiger partial charge is 0.506 e. The topological polar surface area (TPSA) is 65.4 Å². The zero-order valence-electron chi connectivity index (χ0n) is 11.8. The summed E-state index contributed by atoms with van der Waals surface area (Å²) in [4.78, 5) is 4.26. The van der Waals surface area contributed by atoms with Crippen molar-refractivity contribution in [2.75, 3.05) is 6.54 Å². The second-order valence-electron chi connectivity index (χ2n) is 4.98. The smallest absolute Gasteiger partial charge is 0.138 e. The fourth-order valence-electron chi connectivity index (χ4n) is 1.97. The van der Waals surface area contributed by atoms with E-state index in [0.29, 0.717) is 18.8 Å². The molecular weight excluding hydrogens is 252 g/mol. The van der Waals surface area contributed by atoms with Crippen LogP contribution in [0.25, 0.3) is 0 Å². The van der Waals surface area contributed by atoms with Crippen molar-refractivity contribution < 1.29 is 10.2 Å². The van der Waals surface area contributed by atoms with Gasteiger partial charge in [0.1, 0.15) is 5.75 Å². The maximum Gasteiger partial charge on any atom is 0.138 e. The third-order valence-electron chi connectivity index (χ3n) is 3.18. The summed E-state index contributed by atoms with van der Waals surface area (Å²) in [7, 11) is 0. The molecule has 2 aromatic rings. The van der Waals surface area contributed by atoms with E-state index in [1.807, 2.05) is 38.1 Å². The number of rotatable bonds is 5. The number of hydrogen-bond acceptors (Lipinski definition) is 4. The van der Waals surface area contributed by atoms with Gasteiger partial charge in [-0.05, 0) is 31.5 Å². The molecule has 1 heterocycles. The van der Waals surface area contributed by atoms with Gasteiger partial charge in [0.2, 0.25) is 0 Å². The SMILES string of the molecule is Cc1ccc(C(O)CNCc2nc(C)ccc2O)cc1. The molecule has 0 spiro atoms. The highest BCUT2D eigenvalue weighted by atomic mass is 16.3. The van der Waals surface area contributed by atoms with Gasteiger partial charge in [0.25, 0.3) is 0 Å². The minimum atomic E-state index is -0.567. The maximum absolute atomic E-state index is 10.1. The number of aliphatic hydroxyl groups excluding tert-OH is 1. The summed E-state index contributed by atoms with van der Waals surface area (Å²) in [5.74, 6) is 0.174. The minimum absolute atomic E-state index is 0.174. The number of pyridine rings is 1. The Balaban J connectivity index is 1.89. The summed E-state index contributed by atoms with van der Waals surface area (Å²) >= 11 is 0. The molecule has 1 atom stereocenters. The second kappa shape index (κ2) is 6.50. The number of aliphatic hydroxyl groups is 1. The van der Waals surface area contributed by atoms with Gasteiger partial charge in [-0.1, -0.05) is 29.8 Å². The van der Waals surface area contributed by atoms with Crippen LogP contribution in [0, 0.1) is 13.8 Å². The number of aryl methyl sites for hydroxylation is 2. The lowest BCUT2D eigenvalue weighted by molar-refractivity contribution is 0.174. The molecule has 0 saturated carbocycles. The predicted octanol–water partition coefficient (Wildman–Crippen LogP) is 2.23. The van der Waals surface area contributed by atoms with Crippen LogP contribution in [0.15, 0.2) is 36.4 Å². The molecule has 0 fully saturated rings. The summed E-state index contributed by atoms with van der Waals surface area (Å²) in [6.07, 6.45) is -0.567. The van der Waals surface area contributed by atoms with Crippen LogP contribution in [-0.4, -0.2) is 21.7 Å². The van der Waals surface area contributed by atoms with Gasteiger partial charge in [-0.25, -0.2) is 0 Å². The highest BCUT2D eigenvalue weighted by molar-refractivity contribution is 5.27. The molecule has 0 radical (unpaired) electrons. The number of nitrogens with zero attached hydrogens (tertiary/aromatic N) is 1. The molecule has 3 N–H and O–H groups in total. The van der Waals surface area contributed by atoms with Gasteiger partial charge in [0.15, 0.2) is 0 Å². The summed E-state index contributed by atoms with van der Waals surface area (Å²) in [6, 6.07) is 11.2. The van der Waals surface area contributed by atoms with Crippen LogP contribution in [0.4, 0.5) is 0 Å². The third-order valence-corrected chi connectivity index (χ3v) is 3.18. The first-order valence-corrected chi connectivity index (χ1v) is 6.67. The van der Waals surface area contributed by atoms with Crippen LogP contribution < -0.4 is 5.32 Å². The van der Waals surface area contributed by atoms with E-state index in [9.17, 15) is 10.2 Å². The van der Waals surface area contributed by atoms with Crippen molar-refractivity contribution in [1.29, 1.82) is 0 Å². The molecule has 4 nitrogen and oxygen atoms in total. The Bertz CT molecular complexity index is 567. The minimum Gasteiger partial charge on any atom is -0.506 e. The van der Waals surface area contributed by atoms with Crippen LogP contribution >= 0.6 is 0 Å². The summed E-state index contributed by atoms with van der Waals surface area (Å²) in [5, 5.41) is 22.9. The Hall–Kier alpha value is -1.91. The highest BCUT2D eigenvalue weighted by Gasteiger charge is 2.08. The first kappa shape index (κ1) is 14.5. The van der Waals surface area contributed by atoms with Gasteiger partial charge in [-0.2, -0.15) is 0 Å². The molecule has 1 aromatic heterocycles. The van der Waals surface area contributed by atoms with Crippen molar-refractivity contribution in [3.05, 3.63) is 58.9 Å². The molecule has 0 saturated heterocycles. The van der Waals surface area contributed by atoms with E-state index in [1.54, 1.807) is 12.1 Å². The van der Waals surface area contributed by atoms with Crippen LogP contribution in [0.5, 0.6) is 5.75 Å². The van der Waals surface area contributed by atoms with Crippen molar-refractivity contribution in [1.82, 2.24) is 10.3 Å². The lowest BCUT2D eigenvalue weighted by Crippen LogP contribution is -2.21. The molecule has 1 aromatic carbocycles. The van der Waals surface area contributed by atoms with Gasteiger partial charge in [-0.3, -0.25) is 4.98 Å². The van der Waals surface area contributed by atoms with Crippen LogP contribution in [0.1, 0.15) is 28.6 Å². The number of hydrogen-bond donors (Lipinski definition) is 3. The fraction of sp³-hybridized carbons (Fsp3) is 0.312. The Morgan fingerprint density at radius 2 is 1.80 bits per heavy atom. The van der Waals surface area contributed by atoms with Crippen LogP contribution in [0.2, 0.25) is 0 Å². The number of aromatic hydroxyl groups is 1. The van der Waals surface area contributed by atoms with Gasteiger partial charge in [-0.15, -0.1) is 0 Å². The lowest BCUT2D eigenvalue weighted by atomic mass is 10.1. The van der Waals surface area contributed by atoms with E-state index in [2.05, 4.69) is 10.3 Å². The zero-order valence-corrected chi connectivity index (χ0v) is 11.8. The highest BCUT2D eigenvalue weighted by Crippen LogP contribution is 2.15. The molecule has 0 aliphatic heterocycles. The van der Waals surface area contributed by atoms with Crippen LogP contribution in [0.3, 0.4) is 0 Å². The third kappa shape index (κ3) is 3.79. The molecule has 0 aliphatic rings. The van der Waals surface area contributed by atoms with E-state index in [0.717, 1.165) is 11.3 Å². The van der Waals surface area contributed by atoms with Crippen molar-refractivity contribution in [2.45, 2.75) is 26.5 Å². The molecule has 0 amide bonds. The van der Waals surface area contributed by atoms with Crippen LogP contribution in [-0.2, 0) is 6.54 Å². The van der Waals surface area contributed by atoms with Crippen molar-refractivity contribution in [3.63, 3.8) is 0 Å². The summed E-state index contributed by atoms with van der Waals surface area (Å²) in [6.45, 7) is 4.74. The van der Waals surface area contributed by atoms with E-state index in [1.165, 1.54) is 5.56 Å². The molecule has 2 rings (SSSR count). The number of benzene rings is 1. The van der Waals surface area contributed by atoms with Gasteiger partial charge in [0.05, 0.1) is 11.8 Å². The van der Waals surface area contributed by atoms with E-state index >= 15 is 0 Å². The monoisotopic (exact) mass is 272 g/mol. The Morgan fingerprint density at radius 3 is 2.50 bits per heavy atom. The average molecular weight is 272 g/mol. The maximum atomic E-state index is 10.1. The van der Waals surface area contributed by atoms with E-state index in [-0.39, 0.29) is 5.75 Å². The zero-order chi connectivity index (χ0) is 14.5. The average Bonchev–Trinajstić information content (AvgIpc) is 2.43. The van der Waals surface area contributed by atoms with E-state index < -0.39 is 6.10 Å². The standard InChI is InChI=1S/C16H20N2O2/c1-11-3-6-13(7-4-11)16(20)10-17-9-14-15(19)8-5-12(2)18-14/h3-8,16-17,19-20H,9-10H2,1-2H3. The van der Waals surface area contributed by atoms with Crippen molar-refractivity contribution >= 4 is 0 Å². The Labute approximate surface area is 119 Å². The molecule has 106 valence electrons. The molecular formula is C16H20N2O2. The molecule has 20 heavy (non-hydrogen) atoms.